The molecule has 0 spiro atoms. The van der Waals surface area contributed by atoms with Gasteiger partial charge in [0.1, 0.15) is 0 Å². The lowest BCUT2D eigenvalue weighted by Crippen LogP contribution is -2.37. The minimum atomic E-state index is -0.379. The summed E-state index contributed by atoms with van der Waals surface area (Å²) in [5, 5.41) is 2.72. The van der Waals surface area contributed by atoms with Gasteiger partial charge in [0.2, 0.25) is 5.91 Å². The minimum absolute atomic E-state index is 0.0249. The first-order chi connectivity index (χ1) is 9.96. The van der Waals surface area contributed by atoms with Crippen LogP contribution in [0.25, 0.3) is 0 Å². The molecule has 6 nitrogen and oxygen atoms in total. The smallest absolute Gasteiger partial charge is 0.319 e. The van der Waals surface area contributed by atoms with Gasteiger partial charge in [0.05, 0.1) is 20.2 Å². The van der Waals surface area contributed by atoms with E-state index in [9.17, 15) is 14.4 Å². The number of Topliss-reactive ketones (excluding diaryl/α,β-unsaturated/α-hetero) is 1. The molecule has 0 fully saturated rings. The highest BCUT2D eigenvalue weighted by atomic mass is 16.5. The monoisotopic (exact) mass is 292 g/mol. The van der Waals surface area contributed by atoms with E-state index < -0.39 is 0 Å². The molecule has 0 unspecified atom stereocenters. The summed E-state index contributed by atoms with van der Waals surface area (Å²) in [7, 11) is 1.31. The number of benzene rings is 1. The Kier molecular flexibility index (Phi) is 6.55. The Morgan fingerprint density at radius 1 is 1.14 bits per heavy atom. The maximum absolute atomic E-state index is 11.9. The van der Waals surface area contributed by atoms with Crippen molar-refractivity contribution in [1.29, 1.82) is 0 Å². The second-order valence-corrected chi connectivity index (χ2v) is 4.56. The van der Waals surface area contributed by atoms with Crippen LogP contribution in [0.2, 0.25) is 0 Å². The Morgan fingerprint density at radius 2 is 1.76 bits per heavy atom. The number of ether oxygens (including phenoxy) is 1. The molecule has 0 aliphatic rings. The molecule has 1 aromatic carbocycles. The number of hydrogen-bond donors (Lipinski definition) is 1. The molecule has 1 aromatic rings. The summed E-state index contributed by atoms with van der Waals surface area (Å²) >= 11 is 0. The predicted molar refractivity (Wildman–Crippen MR) is 79.2 cm³/mol. The molecule has 0 atom stereocenters. The number of amides is 1. The zero-order valence-electron chi connectivity index (χ0n) is 12.5. The Hall–Kier alpha value is -2.21. The van der Waals surface area contributed by atoms with Gasteiger partial charge in [-0.15, -0.1) is 0 Å². The van der Waals surface area contributed by atoms with Crippen LogP contribution in [0.5, 0.6) is 0 Å². The molecular formula is C15H20N2O4. The predicted octanol–water partition coefficient (Wildman–Crippen LogP) is 1.32. The molecule has 1 N–H and O–H groups in total. The van der Waals surface area contributed by atoms with Crippen LogP contribution in [0.4, 0.5) is 5.69 Å². The first-order valence-corrected chi connectivity index (χ1v) is 6.66. The van der Waals surface area contributed by atoms with E-state index in [1.807, 2.05) is 6.92 Å². The number of nitrogens with zero attached hydrogens (tertiary/aromatic N) is 1. The highest BCUT2D eigenvalue weighted by Crippen LogP contribution is 2.10. The largest absolute Gasteiger partial charge is 0.468 e. The van der Waals surface area contributed by atoms with E-state index in [0.717, 1.165) is 0 Å². The van der Waals surface area contributed by atoms with E-state index >= 15 is 0 Å². The zero-order valence-corrected chi connectivity index (χ0v) is 12.5. The second-order valence-electron chi connectivity index (χ2n) is 4.56. The molecule has 1 amide bonds. The van der Waals surface area contributed by atoms with Gasteiger partial charge in [0.15, 0.2) is 5.78 Å². The highest BCUT2D eigenvalue weighted by Gasteiger charge is 2.13. The van der Waals surface area contributed by atoms with Gasteiger partial charge in [-0.1, -0.05) is 6.92 Å². The third-order valence-electron chi connectivity index (χ3n) is 2.97. The fourth-order valence-electron chi connectivity index (χ4n) is 1.72. The molecule has 21 heavy (non-hydrogen) atoms. The summed E-state index contributed by atoms with van der Waals surface area (Å²) < 4.78 is 4.57. The molecule has 0 saturated carbocycles. The van der Waals surface area contributed by atoms with Crippen LogP contribution >= 0.6 is 0 Å². The Labute approximate surface area is 124 Å². The van der Waals surface area contributed by atoms with E-state index in [-0.39, 0.29) is 30.7 Å². The number of nitrogens with one attached hydrogen (secondary N) is 1. The Morgan fingerprint density at radius 3 is 2.24 bits per heavy atom. The average Bonchev–Trinajstić information content (AvgIpc) is 2.46. The van der Waals surface area contributed by atoms with Crippen molar-refractivity contribution < 1.29 is 19.1 Å². The topological polar surface area (TPSA) is 75.7 Å². The van der Waals surface area contributed by atoms with Crippen molar-refractivity contribution in [3.63, 3.8) is 0 Å². The molecule has 114 valence electrons. The van der Waals surface area contributed by atoms with Gasteiger partial charge in [0, 0.05) is 11.3 Å². The third kappa shape index (κ3) is 5.74. The van der Waals surface area contributed by atoms with Crippen molar-refractivity contribution in [3.8, 4) is 0 Å². The van der Waals surface area contributed by atoms with Gasteiger partial charge >= 0.3 is 5.97 Å². The van der Waals surface area contributed by atoms with Gasteiger partial charge in [0.25, 0.3) is 0 Å². The SMILES string of the molecule is CCN(CC(=O)Nc1ccc(C(C)=O)cc1)CC(=O)OC. The summed E-state index contributed by atoms with van der Waals surface area (Å²) in [6.45, 7) is 4.08. The van der Waals surface area contributed by atoms with Crippen LogP contribution in [0.3, 0.4) is 0 Å². The van der Waals surface area contributed by atoms with E-state index in [0.29, 0.717) is 17.8 Å². The van der Waals surface area contributed by atoms with E-state index in [2.05, 4.69) is 10.1 Å². The lowest BCUT2D eigenvalue weighted by molar-refractivity contribution is -0.142. The second kappa shape index (κ2) is 8.16. The number of carbonyl (C=O) groups is 3. The molecule has 0 heterocycles. The van der Waals surface area contributed by atoms with Crippen molar-refractivity contribution >= 4 is 23.3 Å². The molecule has 0 aromatic heterocycles. The van der Waals surface area contributed by atoms with Gasteiger partial charge in [-0.05, 0) is 37.7 Å². The molecular weight excluding hydrogens is 272 g/mol. The van der Waals surface area contributed by atoms with Crippen LogP contribution in [0, 0.1) is 0 Å². The Balaban J connectivity index is 2.55. The van der Waals surface area contributed by atoms with Gasteiger partial charge in [-0.2, -0.15) is 0 Å². The molecule has 0 aliphatic carbocycles. The summed E-state index contributed by atoms with van der Waals surface area (Å²) in [6.07, 6.45) is 0. The minimum Gasteiger partial charge on any atom is -0.468 e. The van der Waals surface area contributed by atoms with Crippen molar-refractivity contribution in [2.75, 3.05) is 32.1 Å². The first-order valence-electron chi connectivity index (χ1n) is 6.66. The molecule has 0 aliphatic heterocycles. The quantitative estimate of drug-likeness (QED) is 0.606. The highest BCUT2D eigenvalue weighted by molar-refractivity contribution is 5.96. The van der Waals surface area contributed by atoms with Crippen LogP contribution in [0.15, 0.2) is 24.3 Å². The van der Waals surface area contributed by atoms with E-state index in [1.165, 1.54) is 14.0 Å². The number of hydrogen-bond acceptors (Lipinski definition) is 5. The summed E-state index contributed by atoms with van der Waals surface area (Å²) in [5.74, 6) is -0.630. The standard InChI is InChI=1S/C15H20N2O4/c1-4-17(10-15(20)21-3)9-14(19)16-13-7-5-12(6-8-13)11(2)18/h5-8H,4,9-10H2,1-3H3,(H,16,19). The Bertz CT molecular complexity index is 511. The number of ketones is 1. The van der Waals surface area contributed by atoms with E-state index in [4.69, 9.17) is 0 Å². The normalized spacial score (nSPS) is 10.3. The van der Waals surface area contributed by atoms with Crippen LogP contribution in [-0.4, -0.2) is 49.3 Å². The van der Waals surface area contributed by atoms with Crippen LogP contribution in [-0.2, 0) is 14.3 Å². The lowest BCUT2D eigenvalue weighted by atomic mass is 10.1. The van der Waals surface area contributed by atoms with Crippen molar-refractivity contribution in [3.05, 3.63) is 29.8 Å². The maximum Gasteiger partial charge on any atom is 0.319 e. The summed E-state index contributed by atoms with van der Waals surface area (Å²) in [6, 6.07) is 6.66. The molecule has 6 heteroatoms. The number of methoxy groups -OCH3 is 1. The van der Waals surface area contributed by atoms with E-state index in [1.54, 1.807) is 29.2 Å². The molecule has 0 radical (unpaired) electrons. The van der Waals surface area contributed by atoms with Gasteiger partial charge in [-0.25, -0.2) is 0 Å². The number of esters is 1. The van der Waals surface area contributed by atoms with Gasteiger partial charge < -0.3 is 10.1 Å². The summed E-state index contributed by atoms with van der Waals surface area (Å²) in [5.41, 5.74) is 1.20. The fourth-order valence-corrected chi connectivity index (χ4v) is 1.72. The van der Waals surface area contributed by atoms with Gasteiger partial charge in [-0.3, -0.25) is 19.3 Å². The number of carbonyl (C=O) groups excluding carboxylic acids is 3. The number of rotatable bonds is 7. The zero-order chi connectivity index (χ0) is 15.8. The van der Waals surface area contributed by atoms with Crippen molar-refractivity contribution in [1.82, 2.24) is 4.90 Å². The molecule has 0 saturated heterocycles. The van der Waals surface area contributed by atoms with Crippen molar-refractivity contribution in [2.24, 2.45) is 0 Å². The molecule has 1 rings (SSSR count). The maximum atomic E-state index is 11.9. The fraction of sp³-hybridized carbons (Fsp3) is 0.400. The lowest BCUT2D eigenvalue weighted by Gasteiger charge is -2.18. The number of likely N-dealkylation sites (N-methyl/N-ethyl adjacent to an activating group) is 1. The first kappa shape index (κ1) is 16.8. The number of anilines is 1. The van der Waals surface area contributed by atoms with Crippen LogP contribution < -0.4 is 5.32 Å². The van der Waals surface area contributed by atoms with Crippen LogP contribution in [0.1, 0.15) is 24.2 Å². The third-order valence-corrected chi connectivity index (χ3v) is 2.97. The molecule has 0 bridgehead atoms. The van der Waals surface area contributed by atoms with Crippen molar-refractivity contribution in [2.45, 2.75) is 13.8 Å². The summed E-state index contributed by atoms with van der Waals surface area (Å²) in [4.78, 5) is 35.9. The average molecular weight is 292 g/mol.